The van der Waals surface area contributed by atoms with E-state index in [0.717, 1.165) is 5.56 Å². The lowest BCUT2D eigenvalue weighted by molar-refractivity contribution is -0.150. The van der Waals surface area contributed by atoms with Crippen molar-refractivity contribution in [3.63, 3.8) is 0 Å². The number of amides is 2. The Hall–Kier alpha value is -3.29. The largest absolute Gasteiger partial charge is 0.482 e. The van der Waals surface area contributed by atoms with Gasteiger partial charge in [-0.15, -0.1) is 0 Å². The van der Waals surface area contributed by atoms with Crippen LogP contribution in [0.5, 0.6) is 5.75 Å². The topological polar surface area (TPSA) is 107 Å². The fraction of sp³-hybridized carbons (Fsp3) is 0.278. The van der Waals surface area contributed by atoms with Crippen LogP contribution >= 0.6 is 0 Å². The molecule has 2 aromatic rings. The molecule has 2 rings (SSSR count). The predicted octanol–water partition coefficient (Wildman–Crippen LogP) is 1.79. The van der Waals surface area contributed by atoms with Gasteiger partial charge in [-0.2, -0.15) is 0 Å². The van der Waals surface area contributed by atoms with E-state index in [9.17, 15) is 14.4 Å². The summed E-state index contributed by atoms with van der Waals surface area (Å²) in [7, 11) is 0. The Labute approximate surface area is 150 Å². The van der Waals surface area contributed by atoms with Crippen molar-refractivity contribution in [1.82, 2.24) is 10.9 Å². The molecule has 0 radical (unpaired) electrons. The highest BCUT2D eigenvalue weighted by Gasteiger charge is 2.12. The lowest BCUT2D eigenvalue weighted by Gasteiger charge is -2.09. The summed E-state index contributed by atoms with van der Waals surface area (Å²) in [5.74, 6) is -1.05. The minimum absolute atomic E-state index is 0.0409. The molecule has 0 saturated carbocycles. The van der Waals surface area contributed by atoms with Gasteiger partial charge in [-0.1, -0.05) is 26.0 Å². The molecule has 0 saturated heterocycles. The lowest BCUT2D eigenvalue weighted by atomic mass is 10.0. The molecular weight excluding hydrogens is 340 g/mol. The van der Waals surface area contributed by atoms with E-state index in [1.165, 1.54) is 18.4 Å². The van der Waals surface area contributed by atoms with Gasteiger partial charge in [-0.05, 0) is 35.7 Å². The fourth-order valence-electron chi connectivity index (χ4n) is 1.91. The number of nitrogens with one attached hydrogen (secondary N) is 2. The first-order valence-corrected chi connectivity index (χ1v) is 7.96. The van der Waals surface area contributed by atoms with E-state index in [-0.39, 0.29) is 12.4 Å². The average molecular weight is 360 g/mol. The highest BCUT2D eigenvalue weighted by Crippen LogP contribution is 2.18. The second kappa shape index (κ2) is 9.26. The van der Waals surface area contributed by atoms with E-state index in [0.29, 0.717) is 11.7 Å². The molecule has 138 valence electrons. The summed E-state index contributed by atoms with van der Waals surface area (Å²) < 4.78 is 14.9. The first-order chi connectivity index (χ1) is 12.5. The number of rotatable bonds is 7. The molecule has 8 nitrogen and oxygen atoms in total. The van der Waals surface area contributed by atoms with Gasteiger partial charge >= 0.3 is 11.9 Å². The summed E-state index contributed by atoms with van der Waals surface area (Å²) >= 11 is 0. The molecule has 2 N–H and O–H groups in total. The molecule has 0 atom stereocenters. The van der Waals surface area contributed by atoms with Crippen LogP contribution in [-0.4, -0.2) is 31.0 Å². The van der Waals surface area contributed by atoms with E-state index < -0.39 is 24.4 Å². The summed E-state index contributed by atoms with van der Waals surface area (Å²) in [6, 6.07) is 10.3. The summed E-state index contributed by atoms with van der Waals surface area (Å²) in [5, 5.41) is 0. The number of carbonyl (C=O) groups is 3. The Morgan fingerprint density at radius 2 is 1.77 bits per heavy atom. The van der Waals surface area contributed by atoms with Gasteiger partial charge in [0.05, 0.1) is 6.26 Å². The van der Waals surface area contributed by atoms with Gasteiger partial charge in [0.15, 0.2) is 19.0 Å². The Balaban J connectivity index is 1.64. The standard InChI is InChI=1S/C18H20N2O6/c1-12(2)13-5-7-14(8-6-13)25-11-17(22)26-10-16(21)19-20-18(23)15-4-3-9-24-15/h3-9,12H,10-11H2,1-2H3,(H,19,21)(H,20,23). The molecule has 26 heavy (non-hydrogen) atoms. The van der Waals surface area contributed by atoms with Crippen molar-refractivity contribution in [1.29, 1.82) is 0 Å². The zero-order valence-electron chi connectivity index (χ0n) is 14.5. The molecule has 0 aliphatic carbocycles. The monoisotopic (exact) mass is 360 g/mol. The highest BCUT2D eigenvalue weighted by atomic mass is 16.6. The molecule has 0 unspecified atom stereocenters. The minimum atomic E-state index is -0.703. The van der Waals surface area contributed by atoms with Gasteiger partial charge in [0.25, 0.3) is 5.91 Å². The van der Waals surface area contributed by atoms with Crippen molar-refractivity contribution in [2.24, 2.45) is 0 Å². The van der Waals surface area contributed by atoms with Gasteiger partial charge in [0.2, 0.25) is 0 Å². The molecule has 0 aliphatic rings. The van der Waals surface area contributed by atoms with E-state index in [2.05, 4.69) is 24.7 Å². The van der Waals surface area contributed by atoms with Gasteiger partial charge in [-0.3, -0.25) is 20.4 Å². The Morgan fingerprint density at radius 3 is 2.38 bits per heavy atom. The highest BCUT2D eigenvalue weighted by molar-refractivity contribution is 5.93. The number of benzene rings is 1. The van der Waals surface area contributed by atoms with Crippen LogP contribution in [0.15, 0.2) is 47.1 Å². The maximum atomic E-state index is 11.6. The van der Waals surface area contributed by atoms with Crippen molar-refractivity contribution in [2.45, 2.75) is 19.8 Å². The van der Waals surface area contributed by atoms with Crippen molar-refractivity contribution >= 4 is 17.8 Å². The third-order valence-electron chi connectivity index (χ3n) is 3.33. The van der Waals surface area contributed by atoms with E-state index >= 15 is 0 Å². The van der Waals surface area contributed by atoms with Crippen LogP contribution < -0.4 is 15.6 Å². The molecule has 2 amide bonds. The van der Waals surface area contributed by atoms with Crippen LogP contribution in [0, 0.1) is 0 Å². The van der Waals surface area contributed by atoms with Crippen molar-refractivity contribution in [3.05, 3.63) is 54.0 Å². The fourth-order valence-corrected chi connectivity index (χ4v) is 1.91. The van der Waals surface area contributed by atoms with Crippen LogP contribution in [0.2, 0.25) is 0 Å². The summed E-state index contributed by atoms with van der Waals surface area (Å²) in [4.78, 5) is 34.6. The average Bonchev–Trinajstić information content (AvgIpc) is 3.17. The van der Waals surface area contributed by atoms with Gasteiger partial charge < -0.3 is 13.9 Å². The number of ether oxygens (including phenoxy) is 2. The normalized spacial score (nSPS) is 10.3. The molecular formula is C18H20N2O6. The van der Waals surface area contributed by atoms with Crippen LogP contribution in [0.3, 0.4) is 0 Å². The molecule has 8 heteroatoms. The second-order valence-corrected chi connectivity index (χ2v) is 5.65. The van der Waals surface area contributed by atoms with Gasteiger partial charge in [0.1, 0.15) is 5.75 Å². The number of hydrazine groups is 1. The molecule has 1 heterocycles. The zero-order valence-corrected chi connectivity index (χ0v) is 14.5. The molecule has 1 aromatic heterocycles. The first-order valence-electron chi connectivity index (χ1n) is 7.96. The van der Waals surface area contributed by atoms with Crippen LogP contribution in [0.25, 0.3) is 0 Å². The molecule has 0 spiro atoms. The summed E-state index contributed by atoms with van der Waals surface area (Å²) in [6.45, 7) is 3.28. The number of hydrogen-bond donors (Lipinski definition) is 2. The first kappa shape index (κ1) is 19.0. The van der Waals surface area contributed by atoms with Crippen molar-refractivity contribution in [2.75, 3.05) is 13.2 Å². The molecule has 0 aliphatic heterocycles. The van der Waals surface area contributed by atoms with Crippen LogP contribution in [0.1, 0.15) is 35.9 Å². The maximum absolute atomic E-state index is 11.6. The molecule has 1 aromatic carbocycles. The second-order valence-electron chi connectivity index (χ2n) is 5.65. The third kappa shape index (κ3) is 5.97. The summed E-state index contributed by atoms with van der Waals surface area (Å²) in [6.07, 6.45) is 1.33. The van der Waals surface area contributed by atoms with Gasteiger partial charge in [0, 0.05) is 0 Å². The number of carbonyl (C=O) groups excluding carboxylic acids is 3. The third-order valence-corrected chi connectivity index (χ3v) is 3.33. The Morgan fingerprint density at radius 1 is 1.04 bits per heavy atom. The van der Waals surface area contributed by atoms with E-state index in [4.69, 9.17) is 13.9 Å². The van der Waals surface area contributed by atoms with E-state index in [1.54, 1.807) is 12.1 Å². The lowest BCUT2D eigenvalue weighted by Crippen LogP contribution is -2.43. The quantitative estimate of drug-likeness (QED) is 0.576. The SMILES string of the molecule is CC(C)c1ccc(OCC(=O)OCC(=O)NNC(=O)c2ccco2)cc1. The van der Waals surface area contributed by atoms with E-state index in [1.807, 2.05) is 12.1 Å². The van der Waals surface area contributed by atoms with Crippen LogP contribution in [-0.2, 0) is 14.3 Å². The smallest absolute Gasteiger partial charge is 0.344 e. The number of furan rings is 1. The maximum Gasteiger partial charge on any atom is 0.344 e. The Bertz CT molecular complexity index is 738. The summed E-state index contributed by atoms with van der Waals surface area (Å²) in [5.41, 5.74) is 5.39. The number of esters is 1. The van der Waals surface area contributed by atoms with Crippen LogP contribution in [0.4, 0.5) is 0 Å². The molecule has 0 bridgehead atoms. The number of hydrogen-bond acceptors (Lipinski definition) is 6. The minimum Gasteiger partial charge on any atom is -0.482 e. The van der Waals surface area contributed by atoms with Crippen molar-refractivity contribution in [3.8, 4) is 5.75 Å². The Kier molecular flexibility index (Phi) is 6.78. The zero-order chi connectivity index (χ0) is 18.9. The predicted molar refractivity (Wildman–Crippen MR) is 91.3 cm³/mol. The molecule has 0 fully saturated rings. The van der Waals surface area contributed by atoms with Crippen molar-refractivity contribution < 1.29 is 28.3 Å². The van der Waals surface area contributed by atoms with Gasteiger partial charge in [-0.25, -0.2) is 4.79 Å².